The van der Waals surface area contributed by atoms with Crippen LogP contribution < -0.4 is 15.2 Å². The Labute approximate surface area is 105 Å². The first kappa shape index (κ1) is 10.5. The quantitative estimate of drug-likeness (QED) is 0.565. The van der Waals surface area contributed by atoms with Gasteiger partial charge in [-0.1, -0.05) is 11.8 Å². The minimum Gasteiger partial charge on any atom is -0.454 e. The predicted octanol–water partition coefficient (Wildman–Crippen LogP) is 2.40. The molecule has 0 aliphatic carbocycles. The fourth-order valence-electron chi connectivity index (χ4n) is 1.69. The fraction of sp³-hybridized carbons (Fsp3) is 0.0667. The van der Waals surface area contributed by atoms with Crippen molar-refractivity contribution in [2.45, 2.75) is 0 Å². The van der Waals surface area contributed by atoms with Crippen LogP contribution in [0.5, 0.6) is 11.5 Å². The van der Waals surface area contributed by atoms with Crippen LogP contribution >= 0.6 is 0 Å². The standard InChI is InChI=1S/C15H11NO2/c16-13-6-3-11(4-7-13)1-2-12-5-8-14-15(9-12)18-10-17-14/h3-9H,10,16H2. The summed E-state index contributed by atoms with van der Waals surface area (Å²) in [6.07, 6.45) is 0. The molecule has 0 saturated heterocycles. The first-order valence-corrected chi connectivity index (χ1v) is 5.58. The van der Waals surface area contributed by atoms with Gasteiger partial charge in [-0.25, -0.2) is 0 Å². The van der Waals surface area contributed by atoms with Crippen LogP contribution in [0.2, 0.25) is 0 Å². The highest BCUT2D eigenvalue weighted by Gasteiger charge is 2.12. The topological polar surface area (TPSA) is 44.5 Å². The molecular formula is C15H11NO2. The van der Waals surface area contributed by atoms with Gasteiger partial charge in [0.25, 0.3) is 0 Å². The van der Waals surface area contributed by atoms with Crippen LogP contribution in [0.1, 0.15) is 11.1 Å². The van der Waals surface area contributed by atoms with E-state index in [0.29, 0.717) is 0 Å². The van der Waals surface area contributed by atoms with Gasteiger partial charge >= 0.3 is 0 Å². The van der Waals surface area contributed by atoms with Crippen LogP contribution in [0, 0.1) is 11.8 Å². The summed E-state index contributed by atoms with van der Waals surface area (Å²) in [6.45, 7) is 0.282. The third-order valence-electron chi connectivity index (χ3n) is 2.63. The van der Waals surface area contributed by atoms with Crippen LogP contribution in [0.15, 0.2) is 42.5 Å². The molecule has 1 heterocycles. The molecule has 2 aromatic carbocycles. The van der Waals surface area contributed by atoms with Gasteiger partial charge in [-0.3, -0.25) is 0 Å². The van der Waals surface area contributed by atoms with Crippen molar-refractivity contribution in [1.82, 2.24) is 0 Å². The summed E-state index contributed by atoms with van der Waals surface area (Å²) >= 11 is 0. The molecule has 0 amide bonds. The molecule has 0 aromatic heterocycles. The van der Waals surface area contributed by atoms with Gasteiger partial charge in [0.15, 0.2) is 11.5 Å². The van der Waals surface area contributed by atoms with E-state index in [-0.39, 0.29) is 6.79 Å². The van der Waals surface area contributed by atoms with E-state index in [2.05, 4.69) is 11.8 Å². The molecule has 2 N–H and O–H groups in total. The average Bonchev–Trinajstić information content (AvgIpc) is 2.85. The number of hydrogen-bond acceptors (Lipinski definition) is 3. The van der Waals surface area contributed by atoms with Crippen molar-refractivity contribution >= 4 is 5.69 Å². The first-order chi connectivity index (χ1) is 8.81. The normalized spacial score (nSPS) is 11.8. The van der Waals surface area contributed by atoms with Gasteiger partial charge in [0, 0.05) is 16.8 Å². The Morgan fingerprint density at radius 2 is 1.50 bits per heavy atom. The zero-order valence-electron chi connectivity index (χ0n) is 9.64. The number of fused-ring (bicyclic) bond motifs is 1. The third kappa shape index (κ3) is 2.09. The molecule has 0 bridgehead atoms. The summed E-state index contributed by atoms with van der Waals surface area (Å²) < 4.78 is 10.5. The van der Waals surface area contributed by atoms with Gasteiger partial charge < -0.3 is 15.2 Å². The van der Waals surface area contributed by atoms with E-state index < -0.39 is 0 Å². The SMILES string of the molecule is Nc1ccc(C#Cc2ccc3c(c2)OCO3)cc1. The van der Waals surface area contributed by atoms with Crippen LogP contribution in [0.4, 0.5) is 5.69 Å². The maximum absolute atomic E-state index is 5.62. The number of benzene rings is 2. The van der Waals surface area contributed by atoms with Gasteiger partial charge in [0.1, 0.15) is 0 Å². The number of nitrogens with two attached hydrogens (primary N) is 1. The first-order valence-electron chi connectivity index (χ1n) is 5.58. The zero-order chi connectivity index (χ0) is 12.4. The highest BCUT2D eigenvalue weighted by atomic mass is 16.7. The maximum Gasteiger partial charge on any atom is 0.231 e. The number of ether oxygens (including phenoxy) is 2. The Hall–Kier alpha value is -2.60. The Balaban J connectivity index is 1.87. The zero-order valence-corrected chi connectivity index (χ0v) is 9.64. The number of rotatable bonds is 0. The van der Waals surface area contributed by atoms with E-state index in [1.807, 2.05) is 42.5 Å². The van der Waals surface area contributed by atoms with Gasteiger partial charge in [0.05, 0.1) is 0 Å². The molecule has 0 fully saturated rings. The lowest BCUT2D eigenvalue weighted by atomic mass is 10.1. The monoisotopic (exact) mass is 237 g/mol. The van der Waals surface area contributed by atoms with Gasteiger partial charge in [-0.2, -0.15) is 0 Å². The van der Waals surface area contributed by atoms with Crippen molar-refractivity contribution in [2.24, 2.45) is 0 Å². The Bertz CT molecular complexity index is 636. The molecule has 0 radical (unpaired) electrons. The molecule has 3 nitrogen and oxygen atoms in total. The van der Waals surface area contributed by atoms with Gasteiger partial charge in [-0.05, 0) is 42.5 Å². The Morgan fingerprint density at radius 1 is 0.833 bits per heavy atom. The lowest BCUT2D eigenvalue weighted by molar-refractivity contribution is 0.174. The van der Waals surface area contributed by atoms with Crippen molar-refractivity contribution in [3.8, 4) is 23.3 Å². The van der Waals surface area contributed by atoms with E-state index >= 15 is 0 Å². The highest BCUT2D eigenvalue weighted by molar-refractivity contribution is 5.52. The van der Waals surface area contributed by atoms with E-state index in [4.69, 9.17) is 15.2 Å². The summed E-state index contributed by atoms with van der Waals surface area (Å²) in [4.78, 5) is 0. The molecular weight excluding hydrogens is 226 g/mol. The average molecular weight is 237 g/mol. The van der Waals surface area contributed by atoms with Crippen LogP contribution in [0.3, 0.4) is 0 Å². The summed E-state index contributed by atoms with van der Waals surface area (Å²) in [6, 6.07) is 13.1. The second-order valence-electron chi connectivity index (χ2n) is 3.94. The van der Waals surface area contributed by atoms with Gasteiger partial charge in [-0.15, -0.1) is 0 Å². The molecule has 18 heavy (non-hydrogen) atoms. The van der Waals surface area contributed by atoms with Crippen LogP contribution in [-0.2, 0) is 0 Å². The number of nitrogen functional groups attached to an aromatic ring is 1. The Kier molecular flexibility index (Phi) is 2.54. The summed E-state index contributed by atoms with van der Waals surface area (Å²) in [7, 11) is 0. The molecule has 3 heteroatoms. The van der Waals surface area contributed by atoms with E-state index in [1.54, 1.807) is 0 Å². The third-order valence-corrected chi connectivity index (χ3v) is 2.63. The van der Waals surface area contributed by atoms with E-state index in [9.17, 15) is 0 Å². The van der Waals surface area contributed by atoms with Crippen LogP contribution in [0.25, 0.3) is 0 Å². The van der Waals surface area contributed by atoms with E-state index in [0.717, 1.165) is 28.3 Å². The van der Waals surface area contributed by atoms with Crippen molar-refractivity contribution in [3.05, 3.63) is 53.6 Å². The van der Waals surface area contributed by atoms with Crippen molar-refractivity contribution < 1.29 is 9.47 Å². The Morgan fingerprint density at radius 3 is 2.33 bits per heavy atom. The molecule has 2 aromatic rings. The number of anilines is 1. The number of hydrogen-bond donors (Lipinski definition) is 1. The molecule has 0 atom stereocenters. The molecule has 3 rings (SSSR count). The molecule has 1 aliphatic rings. The minimum atomic E-state index is 0.282. The molecule has 0 unspecified atom stereocenters. The largest absolute Gasteiger partial charge is 0.454 e. The molecule has 1 aliphatic heterocycles. The molecule has 0 saturated carbocycles. The predicted molar refractivity (Wildman–Crippen MR) is 69.4 cm³/mol. The second-order valence-corrected chi connectivity index (χ2v) is 3.94. The van der Waals surface area contributed by atoms with Gasteiger partial charge in [0.2, 0.25) is 6.79 Å². The smallest absolute Gasteiger partial charge is 0.231 e. The lowest BCUT2D eigenvalue weighted by Gasteiger charge is -1.95. The van der Waals surface area contributed by atoms with Crippen molar-refractivity contribution in [2.75, 3.05) is 12.5 Å². The fourth-order valence-corrected chi connectivity index (χ4v) is 1.69. The van der Waals surface area contributed by atoms with E-state index in [1.165, 1.54) is 0 Å². The highest BCUT2D eigenvalue weighted by Crippen LogP contribution is 2.32. The van der Waals surface area contributed by atoms with Crippen molar-refractivity contribution in [3.63, 3.8) is 0 Å². The molecule has 88 valence electrons. The summed E-state index contributed by atoms with van der Waals surface area (Å²) in [5.41, 5.74) is 8.19. The summed E-state index contributed by atoms with van der Waals surface area (Å²) in [5.74, 6) is 7.68. The minimum absolute atomic E-state index is 0.282. The lowest BCUT2D eigenvalue weighted by Crippen LogP contribution is -1.92. The van der Waals surface area contributed by atoms with Crippen molar-refractivity contribution in [1.29, 1.82) is 0 Å². The maximum atomic E-state index is 5.62. The second kappa shape index (κ2) is 4.34. The van der Waals surface area contributed by atoms with Crippen LogP contribution in [-0.4, -0.2) is 6.79 Å². The molecule has 0 spiro atoms. The summed E-state index contributed by atoms with van der Waals surface area (Å²) in [5, 5.41) is 0.